The highest BCUT2D eigenvalue weighted by atomic mass is 31.2. The van der Waals surface area contributed by atoms with E-state index in [0.29, 0.717) is 12.8 Å². The molecule has 58 heavy (non-hydrogen) atoms. The average Bonchev–Trinajstić information content (AvgIpc) is 3.20. The van der Waals surface area contributed by atoms with E-state index in [2.05, 4.69) is 42.7 Å². The fraction of sp³-hybridized carbons (Fsp3) is 0.717. The number of rotatable bonds is 41. The maximum atomic E-state index is 12.6. The smallest absolute Gasteiger partial charge is 0.472 e. The first kappa shape index (κ1) is 55.2. The van der Waals surface area contributed by atoms with Gasteiger partial charge >= 0.3 is 25.7 Å². The molecule has 3 atom stereocenters. The van der Waals surface area contributed by atoms with E-state index in [1.807, 2.05) is 36.5 Å². The minimum Gasteiger partial charge on any atom is -0.480 e. The molecule has 0 saturated carbocycles. The Balaban J connectivity index is 4.36. The van der Waals surface area contributed by atoms with E-state index in [1.54, 1.807) is 0 Å². The molecule has 0 rings (SSSR count). The van der Waals surface area contributed by atoms with Gasteiger partial charge in [-0.15, -0.1) is 0 Å². The fourth-order valence-corrected chi connectivity index (χ4v) is 6.61. The zero-order chi connectivity index (χ0) is 42.8. The van der Waals surface area contributed by atoms with Gasteiger partial charge in [-0.25, -0.2) is 4.57 Å². The van der Waals surface area contributed by atoms with Crippen LogP contribution in [-0.4, -0.2) is 59.9 Å². The van der Waals surface area contributed by atoms with Crippen LogP contribution in [0.4, 0.5) is 0 Å². The number of hydrogen-bond donors (Lipinski definition) is 3. The summed E-state index contributed by atoms with van der Waals surface area (Å²) >= 11 is 0. The normalized spacial score (nSPS) is 14.3. The van der Waals surface area contributed by atoms with Gasteiger partial charge in [0.2, 0.25) is 0 Å². The van der Waals surface area contributed by atoms with E-state index in [9.17, 15) is 23.8 Å². The first-order valence-corrected chi connectivity index (χ1v) is 23.9. The predicted octanol–water partition coefficient (Wildman–Crippen LogP) is 12.0. The number of allylic oxidation sites excluding steroid dienone is 10. The number of carbonyl (C=O) groups is 3. The molecule has 12 heteroatoms. The number of hydrogen-bond acceptors (Lipinski definition) is 9. The summed E-state index contributed by atoms with van der Waals surface area (Å²) in [7, 11) is -4.73. The summed E-state index contributed by atoms with van der Waals surface area (Å²) in [6.45, 7) is 2.63. The maximum absolute atomic E-state index is 12.6. The van der Waals surface area contributed by atoms with Crippen LogP contribution in [0.5, 0.6) is 0 Å². The minimum atomic E-state index is -4.73. The highest BCUT2D eigenvalue weighted by molar-refractivity contribution is 7.47. The van der Waals surface area contributed by atoms with Gasteiger partial charge in [0.15, 0.2) is 6.10 Å². The van der Waals surface area contributed by atoms with E-state index >= 15 is 0 Å². The van der Waals surface area contributed by atoms with E-state index in [4.69, 9.17) is 24.8 Å². The highest BCUT2D eigenvalue weighted by Crippen LogP contribution is 2.43. The van der Waals surface area contributed by atoms with Crippen molar-refractivity contribution < 1.29 is 47.5 Å². The van der Waals surface area contributed by atoms with Crippen LogP contribution in [0.3, 0.4) is 0 Å². The first-order valence-electron chi connectivity index (χ1n) is 22.4. The zero-order valence-electron chi connectivity index (χ0n) is 36.1. The van der Waals surface area contributed by atoms with Gasteiger partial charge in [0, 0.05) is 12.8 Å². The maximum Gasteiger partial charge on any atom is 0.472 e. The number of esters is 2. The lowest BCUT2D eigenvalue weighted by molar-refractivity contribution is -0.161. The molecular weight excluding hydrogens is 757 g/mol. The molecule has 0 aromatic heterocycles. The van der Waals surface area contributed by atoms with Gasteiger partial charge in [0.1, 0.15) is 12.6 Å². The molecule has 4 N–H and O–H groups in total. The van der Waals surface area contributed by atoms with E-state index in [0.717, 1.165) is 57.8 Å². The van der Waals surface area contributed by atoms with E-state index in [1.165, 1.54) is 83.5 Å². The molecular formula is C46H80NO10P. The van der Waals surface area contributed by atoms with Crippen molar-refractivity contribution in [1.82, 2.24) is 0 Å². The van der Waals surface area contributed by atoms with Crippen LogP contribution in [-0.2, 0) is 37.5 Å². The van der Waals surface area contributed by atoms with Crippen LogP contribution >= 0.6 is 7.82 Å². The standard InChI is InChI=1S/C46H80NO10P/c1-3-5-7-9-11-13-15-17-19-20-21-22-24-25-27-29-31-33-35-37-44(48)54-39-42(40-55-58(52,53)56-41-43(47)46(50)51)57-45(49)38-36-34-32-30-28-26-23-18-16-14-12-10-8-6-4-2/h6,8,10,12,14,16-19,23,42-43H,3-5,7,9,11,13,15,20-22,24-41,47H2,1-2H3,(H,50,51)(H,52,53)/b8-6+,12-10+,16-14+,19-17+,23-18+/t42-,43+/m1/s1. The molecule has 11 nitrogen and oxygen atoms in total. The molecule has 1 unspecified atom stereocenters. The number of unbranched alkanes of at least 4 members (excludes halogenated alkanes) is 20. The largest absolute Gasteiger partial charge is 0.480 e. The van der Waals surface area contributed by atoms with Gasteiger partial charge in [-0.05, 0) is 57.8 Å². The highest BCUT2D eigenvalue weighted by Gasteiger charge is 2.28. The lowest BCUT2D eigenvalue weighted by atomic mass is 10.1. The second-order valence-electron chi connectivity index (χ2n) is 14.9. The van der Waals surface area contributed by atoms with Crippen molar-refractivity contribution in [3.8, 4) is 0 Å². The second kappa shape index (κ2) is 40.9. The molecule has 0 aliphatic rings. The Bertz CT molecular complexity index is 1210. The number of phosphoric acid groups is 1. The summed E-state index contributed by atoms with van der Waals surface area (Å²) in [6, 6.07) is -1.53. The summed E-state index contributed by atoms with van der Waals surface area (Å²) in [4.78, 5) is 46.0. The quantitative estimate of drug-likeness (QED) is 0.0176. The van der Waals surface area contributed by atoms with Crippen molar-refractivity contribution in [3.05, 3.63) is 60.8 Å². The van der Waals surface area contributed by atoms with Crippen LogP contribution in [0.2, 0.25) is 0 Å². The Morgan fingerprint density at radius 1 is 0.552 bits per heavy atom. The molecule has 0 bridgehead atoms. The van der Waals surface area contributed by atoms with E-state index in [-0.39, 0.29) is 19.4 Å². The summed E-state index contributed by atoms with van der Waals surface area (Å²) in [5.41, 5.74) is 5.33. The van der Waals surface area contributed by atoms with Gasteiger partial charge in [0.05, 0.1) is 13.2 Å². The number of carbonyl (C=O) groups excluding carboxylic acids is 2. The van der Waals surface area contributed by atoms with Crippen molar-refractivity contribution >= 4 is 25.7 Å². The topological polar surface area (TPSA) is 172 Å². The summed E-state index contributed by atoms with van der Waals surface area (Å²) in [5, 5.41) is 8.89. The van der Waals surface area contributed by atoms with Gasteiger partial charge in [-0.3, -0.25) is 23.4 Å². The number of carboxylic acid groups (broad SMARTS) is 1. The van der Waals surface area contributed by atoms with Gasteiger partial charge < -0.3 is 25.2 Å². The van der Waals surface area contributed by atoms with Crippen LogP contribution in [0.25, 0.3) is 0 Å². The molecule has 0 aromatic rings. The van der Waals surface area contributed by atoms with Gasteiger partial charge in [-0.1, -0.05) is 171 Å². The third-order valence-electron chi connectivity index (χ3n) is 9.34. The first-order chi connectivity index (χ1) is 28.1. The fourth-order valence-electron chi connectivity index (χ4n) is 5.83. The van der Waals surface area contributed by atoms with Crippen molar-refractivity contribution in [2.24, 2.45) is 5.73 Å². The molecule has 0 heterocycles. The molecule has 0 aromatic carbocycles. The van der Waals surface area contributed by atoms with Gasteiger partial charge in [-0.2, -0.15) is 0 Å². The number of nitrogens with two attached hydrogens (primary N) is 1. The van der Waals surface area contributed by atoms with Crippen molar-refractivity contribution in [2.45, 2.75) is 193 Å². The third-order valence-corrected chi connectivity index (χ3v) is 10.3. The predicted molar refractivity (Wildman–Crippen MR) is 235 cm³/mol. The third kappa shape index (κ3) is 40.0. The number of phosphoric ester groups is 1. The number of aliphatic carboxylic acids is 1. The molecule has 0 amide bonds. The number of ether oxygens (including phenoxy) is 2. The van der Waals surface area contributed by atoms with Crippen molar-refractivity contribution in [3.63, 3.8) is 0 Å². The van der Waals surface area contributed by atoms with Crippen molar-refractivity contribution in [1.29, 1.82) is 0 Å². The summed E-state index contributed by atoms with van der Waals surface area (Å²) in [5.74, 6) is -2.41. The van der Waals surface area contributed by atoms with Gasteiger partial charge in [0.25, 0.3) is 0 Å². The molecule has 0 fully saturated rings. The molecule has 0 aliphatic heterocycles. The van der Waals surface area contributed by atoms with Crippen LogP contribution in [0.1, 0.15) is 181 Å². The Morgan fingerprint density at radius 2 is 0.983 bits per heavy atom. The summed E-state index contributed by atoms with van der Waals surface area (Å²) in [6.07, 6.45) is 47.1. The average molecular weight is 838 g/mol. The molecule has 334 valence electrons. The zero-order valence-corrected chi connectivity index (χ0v) is 37.0. The van der Waals surface area contributed by atoms with Crippen molar-refractivity contribution in [2.75, 3.05) is 19.8 Å². The van der Waals surface area contributed by atoms with Crippen LogP contribution in [0.15, 0.2) is 60.8 Å². The monoisotopic (exact) mass is 838 g/mol. The summed E-state index contributed by atoms with van der Waals surface area (Å²) < 4.78 is 32.7. The molecule has 0 spiro atoms. The Labute approximate surface area is 351 Å². The number of carboxylic acids is 1. The molecule has 0 radical (unpaired) electrons. The molecule has 0 saturated heterocycles. The minimum absolute atomic E-state index is 0.132. The Morgan fingerprint density at radius 3 is 1.50 bits per heavy atom. The Hall–Kier alpha value is -2.82. The lowest BCUT2D eigenvalue weighted by Crippen LogP contribution is -2.34. The van der Waals surface area contributed by atoms with E-state index < -0.39 is 51.1 Å². The SMILES string of the molecule is CC/C=C/C=C/C=C/C=C/CCCCCCCC(=O)O[C@H](COC(=O)CCCCCCCCCCC/C=C/CCCCCCCC)COP(=O)(O)OC[C@H](N)C(=O)O. The lowest BCUT2D eigenvalue weighted by Gasteiger charge is -2.20. The molecule has 0 aliphatic carbocycles. The Kier molecular flexibility index (Phi) is 38.9. The van der Waals surface area contributed by atoms with Crippen LogP contribution in [0, 0.1) is 0 Å². The van der Waals surface area contributed by atoms with Crippen LogP contribution < -0.4 is 5.73 Å². The second-order valence-corrected chi connectivity index (χ2v) is 16.3.